The van der Waals surface area contributed by atoms with Crippen LogP contribution in [-0.2, 0) is 23.2 Å². The number of nitrogens with zero attached hydrogens (tertiary/aromatic N) is 2. The van der Waals surface area contributed by atoms with Crippen LogP contribution in [0.25, 0.3) is 10.9 Å². The average molecular weight is 376 g/mol. The highest BCUT2D eigenvalue weighted by atomic mass is 16.2. The highest BCUT2D eigenvalue weighted by Crippen LogP contribution is 2.20. The average Bonchev–Trinajstić information content (AvgIpc) is 3.17. The predicted molar refractivity (Wildman–Crippen MR) is 105 cm³/mol. The fourth-order valence-corrected chi connectivity index (χ4v) is 3.39. The zero-order valence-corrected chi connectivity index (χ0v) is 15.4. The number of benzene rings is 2. The molecule has 4 rings (SSSR count). The molecule has 0 bridgehead atoms. The first kappa shape index (κ1) is 17.8. The van der Waals surface area contributed by atoms with E-state index in [1.165, 1.54) is 0 Å². The van der Waals surface area contributed by atoms with Gasteiger partial charge in [0.15, 0.2) is 0 Å². The van der Waals surface area contributed by atoms with Crippen molar-refractivity contribution in [1.82, 2.24) is 14.8 Å². The van der Waals surface area contributed by atoms with E-state index in [-0.39, 0.29) is 24.8 Å². The number of hydrogen-bond acceptors (Lipinski definition) is 3. The van der Waals surface area contributed by atoms with Crippen molar-refractivity contribution in [3.05, 3.63) is 66.4 Å². The molecule has 1 atom stereocenters. The Balaban J connectivity index is 1.39. The molecule has 1 aliphatic heterocycles. The Bertz CT molecular complexity index is 1060. The Morgan fingerprint density at radius 2 is 1.89 bits per heavy atom. The highest BCUT2D eigenvalue weighted by Gasteiger charge is 2.38. The summed E-state index contributed by atoms with van der Waals surface area (Å²) in [6.45, 7) is 0.189. The van der Waals surface area contributed by atoms with E-state index >= 15 is 0 Å². The van der Waals surface area contributed by atoms with E-state index in [9.17, 15) is 14.4 Å². The monoisotopic (exact) mass is 376 g/mol. The van der Waals surface area contributed by atoms with Gasteiger partial charge in [0.2, 0.25) is 5.91 Å². The minimum Gasteiger partial charge on any atom is -0.351 e. The third-order valence-corrected chi connectivity index (χ3v) is 4.85. The Hall–Kier alpha value is -3.61. The summed E-state index contributed by atoms with van der Waals surface area (Å²) in [6.07, 6.45) is 1.84. The molecule has 0 aliphatic carbocycles. The fourth-order valence-electron chi connectivity index (χ4n) is 3.39. The molecule has 142 valence electrons. The van der Waals surface area contributed by atoms with E-state index in [0.29, 0.717) is 5.69 Å². The van der Waals surface area contributed by atoms with Crippen molar-refractivity contribution in [2.24, 2.45) is 7.05 Å². The van der Waals surface area contributed by atoms with Crippen molar-refractivity contribution in [2.45, 2.75) is 19.0 Å². The second-order valence-corrected chi connectivity index (χ2v) is 6.86. The molecule has 3 aromatic rings. The molecule has 0 radical (unpaired) electrons. The number of aromatic nitrogens is 1. The maximum absolute atomic E-state index is 12.5. The van der Waals surface area contributed by atoms with Crippen molar-refractivity contribution in [1.29, 1.82) is 0 Å². The fraction of sp³-hybridized carbons (Fsp3) is 0.190. The SMILES string of the molecule is Cn1ccc2cc(NC(=O)CC3NC(=O)N(Cc4ccccc4)C3=O)ccc21. The second kappa shape index (κ2) is 7.19. The van der Waals surface area contributed by atoms with Gasteiger partial charge in [0.05, 0.1) is 13.0 Å². The number of rotatable bonds is 5. The van der Waals surface area contributed by atoms with E-state index in [1.807, 2.05) is 72.4 Å². The largest absolute Gasteiger partial charge is 0.351 e. The van der Waals surface area contributed by atoms with Gasteiger partial charge in [-0.2, -0.15) is 0 Å². The zero-order chi connectivity index (χ0) is 19.7. The van der Waals surface area contributed by atoms with Crippen LogP contribution >= 0.6 is 0 Å². The van der Waals surface area contributed by atoms with Crippen LogP contribution in [0, 0.1) is 0 Å². The molecule has 7 heteroatoms. The number of fused-ring (bicyclic) bond motifs is 1. The maximum atomic E-state index is 12.5. The quantitative estimate of drug-likeness (QED) is 0.672. The second-order valence-electron chi connectivity index (χ2n) is 6.86. The van der Waals surface area contributed by atoms with Crippen molar-refractivity contribution < 1.29 is 14.4 Å². The van der Waals surface area contributed by atoms with E-state index < -0.39 is 12.1 Å². The van der Waals surface area contributed by atoms with E-state index in [0.717, 1.165) is 21.4 Å². The summed E-state index contributed by atoms with van der Waals surface area (Å²) in [5, 5.41) is 6.41. The molecule has 0 spiro atoms. The standard InChI is InChI=1S/C21H20N4O3/c1-24-10-9-15-11-16(7-8-18(15)24)22-19(26)12-17-20(27)25(21(28)23-17)13-14-5-3-2-4-6-14/h2-11,17H,12-13H2,1H3,(H,22,26)(H,23,28). The topological polar surface area (TPSA) is 83.4 Å². The molecule has 4 amide bonds. The van der Waals surface area contributed by atoms with Crippen LogP contribution in [0.1, 0.15) is 12.0 Å². The highest BCUT2D eigenvalue weighted by molar-refractivity contribution is 6.07. The first-order chi connectivity index (χ1) is 13.5. The molecular formula is C21H20N4O3. The van der Waals surface area contributed by atoms with E-state index in [4.69, 9.17) is 0 Å². The number of aryl methyl sites for hydroxylation is 1. The van der Waals surface area contributed by atoms with Gasteiger partial charge in [-0.1, -0.05) is 30.3 Å². The van der Waals surface area contributed by atoms with Gasteiger partial charge in [0, 0.05) is 29.8 Å². The van der Waals surface area contributed by atoms with Gasteiger partial charge in [-0.15, -0.1) is 0 Å². The summed E-state index contributed by atoms with van der Waals surface area (Å²) < 4.78 is 2.00. The number of amides is 4. The molecule has 28 heavy (non-hydrogen) atoms. The number of anilines is 1. The number of carbonyl (C=O) groups is 3. The minimum atomic E-state index is -0.850. The van der Waals surface area contributed by atoms with Crippen LogP contribution in [-0.4, -0.2) is 33.4 Å². The van der Waals surface area contributed by atoms with Crippen molar-refractivity contribution in [2.75, 3.05) is 5.32 Å². The van der Waals surface area contributed by atoms with Gasteiger partial charge in [-0.05, 0) is 29.8 Å². The number of nitrogens with one attached hydrogen (secondary N) is 2. The van der Waals surface area contributed by atoms with E-state index in [2.05, 4.69) is 10.6 Å². The van der Waals surface area contributed by atoms with Crippen molar-refractivity contribution >= 4 is 34.4 Å². The molecule has 1 fully saturated rings. The Morgan fingerprint density at radius 3 is 2.68 bits per heavy atom. The zero-order valence-electron chi connectivity index (χ0n) is 15.4. The third kappa shape index (κ3) is 3.46. The van der Waals surface area contributed by atoms with Crippen LogP contribution in [0.4, 0.5) is 10.5 Å². The lowest BCUT2D eigenvalue weighted by atomic mass is 10.1. The van der Waals surface area contributed by atoms with Crippen LogP contribution in [0.3, 0.4) is 0 Å². The number of urea groups is 1. The summed E-state index contributed by atoms with van der Waals surface area (Å²) in [7, 11) is 1.95. The Kier molecular flexibility index (Phi) is 4.57. The van der Waals surface area contributed by atoms with Crippen molar-refractivity contribution in [3.8, 4) is 0 Å². The molecule has 1 saturated heterocycles. The molecule has 1 aliphatic rings. The lowest BCUT2D eigenvalue weighted by Crippen LogP contribution is -2.34. The van der Waals surface area contributed by atoms with E-state index in [1.54, 1.807) is 0 Å². The molecular weight excluding hydrogens is 356 g/mol. The predicted octanol–water partition coefficient (Wildman–Crippen LogP) is 2.63. The molecule has 2 heterocycles. The number of hydrogen-bond donors (Lipinski definition) is 2. The van der Waals surface area contributed by atoms with Gasteiger partial charge < -0.3 is 15.2 Å². The van der Waals surface area contributed by atoms with Crippen LogP contribution in [0.15, 0.2) is 60.8 Å². The van der Waals surface area contributed by atoms with Crippen LogP contribution in [0.2, 0.25) is 0 Å². The molecule has 2 N–H and O–H groups in total. The normalized spacial score (nSPS) is 16.5. The Morgan fingerprint density at radius 1 is 1.11 bits per heavy atom. The van der Waals surface area contributed by atoms with Gasteiger partial charge >= 0.3 is 6.03 Å². The summed E-state index contributed by atoms with van der Waals surface area (Å²) >= 11 is 0. The maximum Gasteiger partial charge on any atom is 0.325 e. The molecule has 7 nitrogen and oxygen atoms in total. The Labute approximate surface area is 161 Å². The molecule has 0 saturated carbocycles. The van der Waals surface area contributed by atoms with Gasteiger partial charge in [-0.3, -0.25) is 14.5 Å². The lowest BCUT2D eigenvalue weighted by molar-refractivity contribution is -0.130. The lowest BCUT2D eigenvalue weighted by Gasteiger charge is -2.13. The summed E-state index contributed by atoms with van der Waals surface area (Å²) in [4.78, 5) is 38.2. The third-order valence-electron chi connectivity index (χ3n) is 4.85. The van der Waals surface area contributed by atoms with Crippen LogP contribution < -0.4 is 10.6 Å². The summed E-state index contributed by atoms with van der Waals surface area (Å²) in [5.74, 6) is -0.710. The summed E-state index contributed by atoms with van der Waals surface area (Å²) in [6, 6.07) is 15.5. The van der Waals surface area contributed by atoms with Gasteiger partial charge in [-0.25, -0.2) is 4.79 Å². The smallest absolute Gasteiger partial charge is 0.325 e. The first-order valence-corrected chi connectivity index (χ1v) is 9.02. The van der Waals surface area contributed by atoms with Gasteiger partial charge in [0.25, 0.3) is 5.91 Å². The molecule has 2 aromatic carbocycles. The van der Waals surface area contributed by atoms with Gasteiger partial charge in [0.1, 0.15) is 6.04 Å². The number of imide groups is 1. The van der Waals surface area contributed by atoms with Crippen LogP contribution in [0.5, 0.6) is 0 Å². The van der Waals surface area contributed by atoms with Crippen molar-refractivity contribution in [3.63, 3.8) is 0 Å². The first-order valence-electron chi connectivity index (χ1n) is 9.02. The molecule has 1 aromatic heterocycles. The minimum absolute atomic E-state index is 0.108. The molecule has 1 unspecified atom stereocenters. The number of carbonyl (C=O) groups excluding carboxylic acids is 3. The summed E-state index contributed by atoms with van der Waals surface area (Å²) in [5.41, 5.74) is 2.57.